The SMILES string of the molecule is Cc1ncsc1CN(C)Cc1cc(C(=O)NN)ccc1F. The second-order valence-corrected chi connectivity index (χ2v) is 5.75. The smallest absolute Gasteiger partial charge is 0.265 e. The first-order valence-electron chi connectivity index (χ1n) is 6.38. The lowest BCUT2D eigenvalue weighted by Gasteiger charge is -2.17. The maximum Gasteiger partial charge on any atom is 0.265 e. The van der Waals surface area contributed by atoms with Crippen LogP contribution in [0.5, 0.6) is 0 Å². The van der Waals surface area contributed by atoms with Gasteiger partial charge in [0, 0.05) is 29.1 Å². The van der Waals surface area contributed by atoms with E-state index in [1.807, 2.05) is 24.3 Å². The Balaban J connectivity index is 2.11. The lowest BCUT2D eigenvalue weighted by Crippen LogP contribution is -2.30. The molecule has 0 aliphatic rings. The number of benzene rings is 1. The van der Waals surface area contributed by atoms with Crippen LogP contribution >= 0.6 is 11.3 Å². The van der Waals surface area contributed by atoms with E-state index in [0.717, 1.165) is 10.6 Å². The van der Waals surface area contributed by atoms with Gasteiger partial charge in [-0.2, -0.15) is 0 Å². The van der Waals surface area contributed by atoms with Crippen molar-refractivity contribution in [1.29, 1.82) is 0 Å². The van der Waals surface area contributed by atoms with E-state index in [1.54, 1.807) is 16.8 Å². The average molecular weight is 308 g/mol. The summed E-state index contributed by atoms with van der Waals surface area (Å²) in [5, 5.41) is 0. The van der Waals surface area contributed by atoms with Gasteiger partial charge in [0.05, 0.1) is 11.2 Å². The Hall–Kier alpha value is -1.83. The summed E-state index contributed by atoms with van der Waals surface area (Å²) in [7, 11) is 1.90. The van der Waals surface area contributed by atoms with Crippen LogP contribution < -0.4 is 11.3 Å². The van der Waals surface area contributed by atoms with Crippen LogP contribution in [0.3, 0.4) is 0 Å². The number of amides is 1. The Kier molecular flexibility index (Phi) is 5.00. The highest BCUT2D eigenvalue weighted by molar-refractivity contribution is 7.09. The van der Waals surface area contributed by atoms with Gasteiger partial charge in [0.25, 0.3) is 5.91 Å². The first-order chi connectivity index (χ1) is 10.0. The quantitative estimate of drug-likeness (QED) is 0.502. The van der Waals surface area contributed by atoms with Crippen molar-refractivity contribution in [3.8, 4) is 0 Å². The molecule has 3 N–H and O–H groups in total. The fourth-order valence-corrected chi connectivity index (χ4v) is 2.85. The fourth-order valence-electron chi connectivity index (χ4n) is 1.99. The molecule has 112 valence electrons. The number of nitrogens with zero attached hydrogens (tertiary/aromatic N) is 2. The van der Waals surface area contributed by atoms with E-state index in [1.165, 1.54) is 18.2 Å². The Morgan fingerprint density at radius 3 is 2.86 bits per heavy atom. The van der Waals surface area contributed by atoms with Crippen LogP contribution in [0.25, 0.3) is 0 Å². The van der Waals surface area contributed by atoms with Crippen molar-refractivity contribution < 1.29 is 9.18 Å². The van der Waals surface area contributed by atoms with E-state index in [9.17, 15) is 9.18 Å². The summed E-state index contributed by atoms with van der Waals surface area (Å²) in [6.45, 7) is 3.03. The van der Waals surface area contributed by atoms with E-state index >= 15 is 0 Å². The zero-order valence-electron chi connectivity index (χ0n) is 11.9. The molecule has 1 aromatic heterocycles. The topological polar surface area (TPSA) is 71.2 Å². The number of nitrogens with two attached hydrogens (primary N) is 1. The number of hydrogen-bond donors (Lipinski definition) is 2. The molecule has 0 saturated heterocycles. The lowest BCUT2D eigenvalue weighted by molar-refractivity contribution is 0.0953. The molecular weight excluding hydrogens is 291 g/mol. The Labute approximate surface area is 126 Å². The molecule has 0 saturated carbocycles. The van der Waals surface area contributed by atoms with Crippen molar-refractivity contribution in [2.75, 3.05) is 7.05 Å². The Bertz CT molecular complexity index is 644. The van der Waals surface area contributed by atoms with E-state index in [4.69, 9.17) is 5.84 Å². The molecule has 5 nitrogen and oxygen atoms in total. The molecule has 0 atom stereocenters. The van der Waals surface area contributed by atoms with Gasteiger partial charge in [-0.05, 0) is 32.2 Å². The molecule has 0 radical (unpaired) electrons. The minimum atomic E-state index is -0.433. The average Bonchev–Trinajstić information content (AvgIpc) is 2.85. The van der Waals surface area contributed by atoms with Gasteiger partial charge >= 0.3 is 0 Å². The molecule has 7 heteroatoms. The molecule has 0 aliphatic heterocycles. The highest BCUT2D eigenvalue weighted by Crippen LogP contribution is 2.17. The van der Waals surface area contributed by atoms with E-state index in [0.29, 0.717) is 24.2 Å². The zero-order valence-corrected chi connectivity index (χ0v) is 12.7. The number of nitrogen functional groups attached to an aromatic ring is 1. The summed E-state index contributed by atoms with van der Waals surface area (Å²) in [4.78, 5) is 18.8. The van der Waals surface area contributed by atoms with Crippen LogP contribution in [0.1, 0.15) is 26.5 Å². The maximum atomic E-state index is 13.9. The molecule has 2 rings (SSSR count). The summed E-state index contributed by atoms with van der Waals surface area (Å²) in [6, 6.07) is 4.22. The largest absolute Gasteiger partial charge is 0.297 e. The van der Waals surface area contributed by atoms with Gasteiger partial charge < -0.3 is 0 Å². The van der Waals surface area contributed by atoms with Gasteiger partial charge in [0.1, 0.15) is 5.82 Å². The highest BCUT2D eigenvalue weighted by Gasteiger charge is 2.12. The maximum absolute atomic E-state index is 13.9. The molecule has 1 heterocycles. The standard InChI is InChI=1S/C14H17FN4OS/c1-9-13(21-8-17-9)7-19(2)6-11-5-10(14(20)18-16)3-4-12(11)15/h3-5,8H,6-7,16H2,1-2H3,(H,18,20). The Morgan fingerprint density at radius 1 is 1.48 bits per heavy atom. The number of aryl methyl sites for hydroxylation is 1. The van der Waals surface area contributed by atoms with Gasteiger partial charge in [-0.1, -0.05) is 0 Å². The van der Waals surface area contributed by atoms with Gasteiger partial charge in [-0.15, -0.1) is 11.3 Å². The molecule has 2 aromatic rings. The van der Waals surface area contributed by atoms with Crippen LogP contribution in [0.15, 0.2) is 23.7 Å². The molecule has 21 heavy (non-hydrogen) atoms. The molecule has 0 spiro atoms. The summed E-state index contributed by atoms with van der Waals surface area (Å²) in [5.41, 5.74) is 5.63. The van der Waals surface area contributed by atoms with Gasteiger partial charge in [-0.3, -0.25) is 15.1 Å². The van der Waals surface area contributed by atoms with Gasteiger partial charge in [0.15, 0.2) is 0 Å². The summed E-state index contributed by atoms with van der Waals surface area (Å²) >= 11 is 1.58. The number of carbonyl (C=O) groups is 1. The van der Waals surface area contributed by atoms with Crippen molar-refractivity contribution in [2.45, 2.75) is 20.0 Å². The molecule has 0 fully saturated rings. The number of halogens is 1. The van der Waals surface area contributed by atoms with Crippen LogP contribution in [0, 0.1) is 12.7 Å². The molecular formula is C14H17FN4OS. The molecule has 0 aliphatic carbocycles. The molecule has 0 bridgehead atoms. The minimum absolute atomic E-state index is 0.337. The first kappa shape index (κ1) is 15.6. The highest BCUT2D eigenvalue weighted by atomic mass is 32.1. The summed E-state index contributed by atoms with van der Waals surface area (Å²) < 4.78 is 13.9. The summed E-state index contributed by atoms with van der Waals surface area (Å²) in [5.74, 6) is 4.32. The van der Waals surface area contributed by atoms with Gasteiger partial charge in [0.2, 0.25) is 0 Å². The number of hydrogen-bond acceptors (Lipinski definition) is 5. The van der Waals surface area contributed by atoms with Crippen LogP contribution in [-0.2, 0) is 13.1 Å². The van der Waals surface area contributed by atoms with Gasteiger partial charge in [-0.25, -0.2) is 15.2 Å². The first-order valence-corrected chi connectivity index (χ1v) is 7.26. The van der Waals surface area contributed by atoms with Crippen LogP contribution in [0.2, 0.25) is 0 Å². The molecule has 0 unspecified atom stereocenters. The second kappa shape index (κ2) is 6.75. The van der Waals surface area contributed by atoms with Crippen molar-refractivity contribution in [3.05, 3.63) is 51.2 Å². The second-order valence-electron chi connectivity index (χ2n) is 4.81. The fraction of sp³-hybridized carbons (Fsp3) is 0.286. The van der Waals surface area contributed by atoms with Crippen LogP contribution in [-0.4, -0.2) is 22.8 Å². The minimum Gasteiger partial charge on any atom is -0.297 e. The van der Waals surface area contributed by atoms with Crippen LogP contribution in [0.4, 0.5) is 4.39 Å². The predicted molar refractivity (Wildman–Crippen MR) is 80.1 cm³/mol. The normalized spacial score (nSPS) is 10.9. The number of aromatic nitrogens is 1. The van der Waals surface area contributed by atoms with Crippen molar-refractivity contribution in [1.82, 2.24) is 15.3 Å². The van der Waals surface area contributed by atoms with E-state index < -0.39 is 5.91 Å². The van der Waals surface area contributed by atoms with Crippen molar-refractivity contribution in [2.24, 2.45) is 5.84 Å². The third-order valence-electron chi connectivity index (χ3n) is 3.14. The zero-order chi connectivity index (χ0) is 15.4. The molecule has 1 amide bonds. The number of nitrogens with one attached hydrogen (secondary N) is 1. The number of thiazole rings is 1. The third kappa shape index (κ3) is 3.84. The molecule has 1 aromatic carbocycles. The van der Waals surface area contributed by atoms with E-state index in [2.05, 4.69) is 4.98 Å². The lowest BCUT2D eigenvalue weighted by atomic mass is 10.1. The van der Waals surface area contributed by atoms with E-state index in [-0.39, 0.29) is 5.82 Å². The summed E-state index contributed by atoms with van der Waals surface area (Å²) in [6.07, 6.45) is 0. The van der Waals surface area contributed by atoms with Crippen molar-refractivity contribution in [3.63, 3.8) is 0 Å². The predicted octanol–water partition coefficient (Wildman–Crippen LogP) is 1.83. The monoisotopic (exact) mass is 308 g/mol. The number of rotatable bonds is 5. The third-order valence-corrected chi connectivity index (χ3v) is 4.06. The van der Waals surface area contributed by atoms with Crippen molar-refractivity contribution >= 4 is 17.2 Å². The number of hydrazine groups is 1. The Morgan fingerprint density at radius 2 is 2.24 bits per heavy atom. The number of carbonyl (C=O) groups excluding carboxylic acids is 1.